The number of fused-ring (bicyclic) bond motifs is 1. The summed E-state index contributed by atoms with van der Waals surface area (Å²) in [7, 11) is 0. The molecule has 2 heterocycles. The van der Waals surface area contributed by atoms with Gasteiger partial charge in [0.1, 0.15) is 0 Å². The minimum absolute atomic E-state index is 0.137. The van der Waals surface area contributed by atoms with Crippen molar-refractivity contribution in [1.29, 1.82) is 0 Å². The fraction of sp³-hybridized carbons (Fsp3) is 0. The van der Waals surface area contributed by atoms with Gasteiger partial charge in [-0.3, -0.25) is 9.59 Å². The highest BCUT2D eigenvalue weighted by Crippen LogP contribution is 2.29. The van der Waals surface area contributed by atoms with E-state index in [0.29, 0.717) is 5.69 Å². The third-order valence-electron chi connectivity index (χ3n) is 2.59. The van der Waals surface area contributed by atoms with Gasteiger partial charge in [-0.15, -0.1) is 10.2 Å². The predicted molar refractivity (Wildman–Crippen MR) is 63.6 cm³/mol. The first-order valence-corrected chi connectivity index (χ1v) is 5.34. The summed E-state index contributed by atoms with van der Waals surface area (Å²) in [5.41, 5.74) is 0.683. The van der Waals surface area contributed by atoms with E-state index in [2.05, 4.69) is 15.5 Å². The lowest BCUT2D eigenvalue weighted by Gasteiger charge is -2.12. The molecule has 3 rings (SSSR count). The Labute approximate surface area is 106 Å². The number of carbonyl (C=O) groups excluding carboxylic acids is 2. The molecule has 7 heteroatoms. The molecule has 2 aromatic rings. The monoisotopic (exact) mass is 257 g/mol. The number of hydrogen-bond donors (Lipinski definition) is 2. The average molecular weight is 257 g/mol. The lowest BCUT2D eigenvalue weighted by Crippen LogP contribution is -2.13. The van der Waals surface area contributed by atoms with Gasteiger partial charge >= 0.3 is 0 Å². The Kier molecular flexibility index (Phi) is 2.38. The van der Waals surface area contributed by atoms with E-state index in [0.717, 1.165) is 0 Å². The molecule has 1 aliphatic heterocycles. The van der Waals surface area contributed by atoms with Crippen LogP contribution in [0.3, 0.4) is 0 Å². The lowest BCUT2D eigenvalue weighted by molar-refractivity contribution is 0.0921. The number of rotatable bonds is 2. The first kappa shape index (κ1) is 11.1. The molecule has 94 valence electrons. The van der Waals surface area contributed by atoms with Crippen LogP contribution >= 0.6 is 0 Å². The van der Waals surface area contributed by atoms with Crippen molar-refractivity contribution in [3.05, 3.63) is 41.5 Å². The fourth-order valence-electron chi connectivity index (χ4n) is 1.79. The second kappa shape index (κ2) is 4.05. The maximum absolute atomic E-state index is 11.7. The molecule has 0 bridgehead atoms. The van der Waals surface area contributed by atoms with Crippen LogP contribution in [0.4, 0.5) is 11.6 Å². The van der Waals surface area contributed by atoms with Crippen molar-refractivity contribution in [1.82, 2.24) is 0 Å². The highest BCUT2D eigenvalue weighted by atomic mass is 16.5. The maximum atomic E-state index is 11.7. The van der Waals surface area contributed by atoms with Crippen LogP contribution in [0.5, 0.6) is 5.95 Å². The fourth-order valence-corrected chi connectivity index (χ4v) is 1.79. The van der Waals surface area contributed by atoms with Crippen LogP contribution in [0.1, 0.15) is 20.7 Å². The minimum atomic E-state index is -0.603. The number of carbonyl (C=O) groups is 2. The number of nitrogens with zero attached hydrogens (tertiary/aromatic N) is 2. The van der Waals surface area contributed by atoms with Gasteiger partial charge in [0.25, 0.3) is 17.8 Å². The quantitative estimate of drug-likeness (QED) is 0.859. The van der Waals surface area contributed by atoms with Crippen LogP contribution < -0.4 is 5.32 Å². The molecule has 0 unspecified atom stereocenters. The third-order valence-corrected chi connectivity index (χ3v) is 2.59. The van der Waals surface area contributed by atoms with Crippen LogP contribution in [0.15, 0.2) is 45.0 Å². The topological polar surface area (TPSA) is 104 Å². The molecule has 0 atom stereocenters. The molecule has 2 amide bonds. The Morgan fingerprint density at radius 3 is 2.58 bits per heavy atom. The van der Waals surface area contributed by atoms with Gasteiger partial charge in [0.05, 0.1) is 16.8 Å². The van der Waals surface area contributed by atoms with Crippen LogP contribution in [-0.2, 0) is 0 Å². The summed E-state index contributed by atoms with van der Waals surface area (Å²) in [5.74, 6) is -1.18. The van der Waals surface area contributed by atoms with Gasteiger partial charge in [0.15, 0.2) is 0 Å². The molecule has 7 nitrogen and oxygen atoms in total. The van der Waals surface area contributed by atoms with E-state index >= 15 is 0 Å². The Balaban J connectivity index is 2.06. The molecule has 1 aromatic heterocycles. The molecule has 19 heavy (non-hydrogen) atoms. The summed E-state index contributed by atoms with van der Waals surface area (Å²) in [6.07, 6.45) is 0. The first-order chi connectivity index (χ1) is 9.15. The number of furan rings is 1. The summed E-state index contributed by atoms with van der Waals surface area (Å²) in [6, 6.07) is 7.55. The molecular formula is C12H7N3O4. The molecule has 0 radical (unpaired) electrons. The van der Waals surface area contributed by atoms with Crippen molar-refractivity contribution in [2.24, 2.45) is 10.2 Å². The molecule has 1 aromatic carbocycles. The Morgan fingerprint density at radius 1 is 1.05 bits per heavy atom. The first-order valence-electron chi connectivity index (χ1n) is 5.34. The van der Waals surface area contributed by atoms with Crippen LogP contribution in [-0.4, -0.2) is 16.9 Å². The molecule has 1 aliphatic rings. The Bertz CT molecular complexity index is 718. The van der Waals surface area contributed by atoms with Crippen LogP contribution in [0, 0.1) is 0 Å². The molecule has 2 N–H and O–H groups in total. The van der Waals surface area contributed by atoms with Crippen molar-refractivity contribution in [2.45, 2.75) is 0 Å². The number of benzene rings is 1. The maximum Gasteiger partial charge on any atom is 0.298 e. The SMILES string of the molecule is O=C1N=NC(=O)c2c(Nc3ccc(O)o3)cccc21. The number of amides is 2. The standard InChI is InChI=1S/C12H7N3O4/c16-9-5-4-8(19-9)13-7-3-1-2-6-10(7)12(18)15-14-11(6)17/h1-5,13,16H. The van der Waals surface area contributed by atoms with E-state index in [-0.39, 0.29) is 23.0 Å². The molecule has 0 spiro atoms. The normalized spacial score (nSPS) is 13.5. The van der Waals surface area contributed by atoms with Gasteiger partial charge in [0, 0.05) is 12.1 Å². The summed E-state index contributed by atoms with van der Waals surface area (Å²) in [6.45, 7) is 0. The van der Waals surface area contributed by atoms with Crippen molar-refractivity contribution < 1.29 is 19.1 Å². The van der Waals surface area contributed by atoms with Gasteiger partial charge in [-0.05, 0) is 12.1 Å². The zero-order chi connectivity index (χ0) is 13.4. The van der Waals surface area contributed by atoms with Crippen molar-refractivity contribution in [2.75, 3.05) is 5.32 Å². The lowest BCUT2D eigenvalue weighted by atomic mass is 10.0. The summed E-state index contributed by atoms with van der Waals surface area (Å²) in [5, 5.41) is 18.4. The summed E-state index contributed by atoms with van der Waals surface area (Å²) < 4.78 is 4.93. The number of azo groups is 1. The summed E-state index contributed by atoms with van der Waals surface area (Å²) in [4.78, 5) is 23.3. The Morgan fingerprint density at radius 2 is 1.84 bits per heavy atom. The predicted octanol–water partition coefficient (Wildman–Crippen LogP) is 2.48. The number of anilines is 2. The van der Waals surface area contributed by atoms with Crippen LogP contribution in [0.2, 0.25) is 0 Å². The molecule has 0 aliphatic carbocycles. The van der Waals surface area contributed by atoms with Gasteiger partial charge in [-0.1, -0.05) is 6.07 Å². The van der Waals surface area contributed by atoms with Crippen molar-refractivity contribution in [3.63, 3.8) is 0 Å². The zero-order valence-electron chi connectivity index (χ0n) is 9.45. The van der Waals surface area contributed by atoms with E-state index in [1.807, 2.05) is 0 Å². The van der Waals surface area contributed by atoms with E-state index in [4.69, 9.17) is 9.52 Å². The van der Waals surface area contributed by atoms with Gasteiger partial charge in [-0.2, -0.15) is 0 Å². The molecule has 0 fully saturated rings. The van der Waals surface area contributed by atoms with Crippen molar-refractivity contribution in [3.8, 4) is 5.95 Å². The summed E-state index contributed by atoms with van der Waals surface area (Å²) >= 11 is 0. The van der Waals surface area contributed by atoms with Gasteiger partial charge < -0.3 is 14.8 Å². The molecule has 0 saturated heterocycles. The second-order valence-corrected chi connectivity index (χ2v) is 3.80. The van der Waals surface area contributed by atoms with E-state index < -0.39 is 11.8 Å². The van der Waals surface area contributed by atoms with E-state index in [1.165, 1.54) is 18.2 Å². The smallest absolute Gasteiger partial charge is 0.298 e. The van der Waals surface area contributed by atoms with Gasteiger partial charge in [-0.25, -0.2) is 0 Å². The number of nitrogens with one attached hydrogen (secondary N) is 1. The van der Waals surface area contributed by atoms with Crippen molar-refractivity contribution >= 4 is 23.4 Å². The molecular weight excluding hydrogens is 250 g/mol. The largest absolute Gasteiger partial charge is 0.481 e. The highest BCUT2D eigenvalue weighted by Gasteiger charge is 2.25. The average Bonchev–Trinajstić information content (AvgIpc) is 2.80. The highest BCUT2D eigenvalue weighted by molar-refractivity contribution is 6.14. The third kappa shape index (κ3) is 1.86. The second-order valence-electron chi connectivity index (χ2n) is 3.80. The number of aromatic hydroxyl groups is 1. The van der Waals surface area contributed by atoms with E-state index in [9.17, 15) is 9.59 Å². The Hall–Kier alpha value is -2.96. The molecule has 0 saturated carbocycles. The number of hydrogen-bond acceptors (Lipinski definition) is 5. The minimum Gasteiger partial charge on any atom is -0.481 e. The van der Waals surface area contributed by atoms with Crippen LogP contribution in [0.25, 0.3) is 0 Å². The van der Waals surface area contributed by atoms with E-state index in [1.54, 1.807) is 12.1 Å². The zero-order valence-corrected chi connectivity index (χ0v) is 9.45. The van der Waals surface area contributed by atoms with Gasteiger partial charge in [0.2, 0.25) is 5.88 Å².